The average molecular weight is 374 g/mol. The summed E-state index contributed by atoms with van der Waals surface area (Å²) in [4.78, 5) is 13.9. The number of halogens is 4. The van der Waals surface area contributed by atoms with Crippen molar-refractivity contribution in [3.63, 3.8) is 0 Å². The third-order valence-electron chi connectivity index (χ3n) is 4.09. The van der Waals surface area contributed by atoms with E-state index in [1.165, 1.54) is 29.2 Å². The lowest BCUT2D eigenvalue weighted by atomic mass is 10.1. The molecular weight excluding hydrogens is 359 g/mol. The van der Waals surface area contributed by atoms with E-state index in [0.717, 1.165) is 6.20 Å². The molecule has 0 unspecified atom stereocenters. The number of carbonyl (C=O) groups is 1. The topological polar surface area (TPSA) is 58.4 Å². The molecular formula is C16H15ClF3N3O2. The molecule has 0 saturated carbocycles. The number of aliphatic hydroxyl groups is 1. The molecule has 1 saturated heterocycles. The maximum atomic E-state index is 13.6. The molecule has 5 nitrogen and oxygen atoms in total. The van der Waals surface area contributed by atoms with E-state index in [9.17, 15) is 23.1 Å². The van der Waals surface area contributed by atoms with Gasteiger partial charge in [0.1, 0.15) is 0 Å². The Kier molecular flexibility index (Phi) is 4.75. The summed E-state index contributed by atoms with van der Waals surface area (Å²) >= 11 is 5.76. The first kappa shape index (κ1) is 17.8. The van der Waals surface area contributed by atoms with Crippen LogP contribution in [0.4, 0.5) is 13.2 Å². The highest BCUT2D eigenvalue weighted by Crippen LogP contribution is 2.34. The number of rotatable bonds is 2. The molecule has 1 aliphatic rings. The van der Waals surface area contributed by atoms with Gasteiger partial charge in [0.25, 0.3) is 5.91 Å². The van der Waals surface area contributed by atoms with Crippen molar-refractivity contribution in [3.8, 4) is 5.69 Å². The molecule has 0 aliphatic carbocycles. The van der Waals surface area contributed by atoms with Crippen LogP contribution in [0.2, 0.25) is 5.02 Å². The zero-order chi connectivity index (χ0) is 18.2. The van der Waals surface area contributed by atoms with Gasteiger partial charge < -0.3 is 10.0 Å². The number of alkyl halides is 3. The molecule has 134 valence electrons. The van der Waals surface area contributed by atoms with Crippen LogP contribution in [0.5, 0.6) is 0 Å². The van der Waals surface area contributed by atoms with Gasteiger partial charge in [-0.2, -0.15) is 18.3 Å². The molecule has 1 fully saturated rings. The van der Waals surface area contributed by atoms with Crippen LogP contribution in [0, 0.1) is 0 Å². The number of benzene rings is 1. The first-order chi connectivity index (χ1) is 11.8. The van der Waals surface area contributed by atoms with Crippen LogP contribution < -0.4 is 0 Å². The molecule has 1 amide bonds. The lowest BCUT2D eigenvalue weighted by Crippen LogP contribution is -2.40. The van der Waals surface area contributed by atoms with Crippen molar-refractivity contribution >= 4 is 17.5 Å². The molecule has 3 rings (SSSR count). The van der Waals surface area contributed by atoms with E-state index in [2.05, 4.69) is 5.10 Å². The van der Waals surface area contributed by atoms with Crippen LogP contribution in [0.15, 0.2) is 30.5 Å². The zero-order valence-corrected chi connectivity index (χ0v) is 13.8. The molecule has 2 aromatic rings. The van der Waals surface area contributed by atoms with Gasteiger partial charge in [-0.25, -0.2) is 4.68 Å². The van der Waals surface area contributed by atoms with E-state index < -0.39 is 29.4 Å². The van der Waals surface area contributed by atoms with Crippen molar-refractivity contribution in [2.75, 3.05) is 13.1 Å². The van der Waals surface area contributed by atoms with Gasteiger partial charge >= 0.3 is 6.18 Å². The molecule has 1 N–H and O–H groups in total. The highest BCUT2D eigenvalue weighted by molar-refractivity contribution is 6.30. The Labute approximate surface area is 146 Å². The summed E-state index contributed by atoms with van der Waals surface area (Å²) < 4.78 is 41.5. The monoisotopic (exact) mass is 373 g/mol. The number of hydrogen-bond acceptors (Lipinski definition) is 3. The predicted molar refractivity (Wildman–Crippen MR) is 84.7 cm³/mol. The van der Waals surface area contributed by atoms with Crippen molar-refractivity contribution in [3.05, 3.63) is 46.7 Å². The minimum Gasteiger partial charge on any atom is -0.393 e. The number of aliphatic hydroxyl groups excluding tert-OH is 1. The highest BCUT2D eigenvalue weighted by Gasteiger charge is 2.41. The van der Waals surface area contributed by atoms with E-state index in [0.29, 0.717) is 22.5 Å². The first-order valence-corrected chi connectivity index (χ1v) is 8.03. The predicted octanol–water partition coefficient (Wildman–Crippen LogP) is 3.14. The van der Waals surface area contributed by atoms with Gasteiger partial charge in [0.05, 0.1) is 23.6 Å². The second-order valence-electron chi connectivity index (χ2n) is 5.82. The number of carbonyl (C=O) groups excluding carboxylic acids is 1. The summed E-state index contributed by atoms with van der Waals surface area (Å²) in [5.41, 5.74) is -1.46. The summed E-state index contributed by atoms with van der Waals surface area (Å²) in [5.74, 6) is -0.737. The van der Waals surface area contributed by atoms with Crippen LogP contribution in [0.1, 0.15) is 28.9 Å². The van der Waals surface area contributed by atoms with Crippen LogP contribution >= 0.6 is 11.6 Å². The van der Waals surface area contributed by atoms with Crippen LogP contribution in [-0.4, -0.2) is 44.9 Å². The number of aromatic nitrogens is 2. The molecule has 1 aromatic carbocycles. The Morgan fingerprint density at radius 2 is 1.80 bits per heavy atom. The second kappa shape index (κ2) is 6.68. The maximum absolute atomic E-state index is 13.6. The summed E-state index contributed by atoms with van der Waals surface area (Å²) in [6.07, 6.45) is -3.65. The van der Waals surface area contributed by atoms with E-state index in [-0.39, 0.29) is 18.8 Å². The lowest BCUT2D eigenvalue weighted by Gasteiger charge is -2.29. The van der Waals surface area contributed by atoms with Crippen molar-refractivity contribution in [2.45, 2.75) is 25.1 Å². The molecule has 25 heavy (non-hydrogen) atoms. The van der Waals surface area contributed by atoms with Crippen LogP contribution in [0.25, 0.3) is 5.69 Å². The third kappa shape index (κ3) is 3.64. The Hall–Kier alpha value is -2.06. The Balaban J connectivity index is 2.00. The van der Waals surface area contributed by atoms with Gasteiger partial charge in [-0.15, -0.1) is 0 Å². The van der Waals surface area contributed by atoms with E-state index in [4.69, 9.17) is 11.6 Å². The van der Waals surface area contributed by atoms with Gasteiger partial charge in [-0.3, -0.25) is 4.79 Å². The average Bonchev–Trinajstić information content (AvgIpc) is 3.01. The van der Waals surface area contributed by atoms with Crippen LogP contribution in [0.3, 0.4) is 0 Å². The first-order valence-electron chi connectivity index (χ1n) is 7.66. The Morgan fingerprint density at radius 3 is 2.36 bits per heavy atom. The molecule has 1 aliphatic heterocycles. The standard InChI is InChI=1S/C16H15ClF3N3O2/c17-10-1-3-11(4-2-10)23-14(16(18,19)20)13(9-21-23)15(25)22-7-5-12(24)6-8-22/h1-4,9,12,24H,5-8H2. The fourth-order valence-electron chi connectivity index (χ4n) is 2.80. The Bertz CT molecular complexity index is 766. The number of likely N-dealkylation sites (tertiary alicyclic amines) is 1. The van der Waals surface area contributed by atoms with Crippen molar-refractivity contribution in [1.82, 2.24) is 14.7 Å². The number of hydrogen-bond donors (Lipinski definition) is 1. The summed E-state index contributed by atoms with van der Waals surface area (Å²) in [6.45, 7) is 0.423. The van der Waals surface area contributed by atoms with Crippen LogP contribution in [-0.2, 0) is 6.18 Å². The molecule has 2 heterocycles. The zero-order valence-electron chi connectivity index (χ0n) is 13.0. The largest absolute Gasteiger partial charge is 0.434 e. The van der Waals surface area contributed by atoms with E-state index in [1.54, 1.807) is 0 Å². The normalized spacial score (nSPS) is 16.3. The van der Waals surface area contributed by atoms with Crippen molar-refractivity contribution in [1.29, 1.82) is 0 Å². The molecule has 0 radical (unpaired) electrons. The second-order valence-corrected chi connectivity index (χ2v) is 6.25. The molecule has 1 aromatic heterocycles. The summed E-state index contributed by atoms with van der Waals surface area (Å²) in [5, 5.41) is 13.6. The SMILES string of the molecule is O=C(c1cnn(-c2ccc(Cl)cc2)c1C(F)(F)F)N1CCC(O)CC1. The fraction of sp³-hybridized carbons (Fsp3) is 0.375. The molecule has 0 bridgehead atoms. The van der Waals surface area contributed by atoms with Crippen molar-refractivity contribution < 1.29 is 23.1 Å². The highest BCUT2D eigenvalue weighted by atomic mass is 35.5. The molecule has 0 atom stereocenters. The maximum Gasteiger partial charge on any atom is 0.434 e. The number of nitrogens with zero attached hydrogens (tertiary/aromatic N) is 3. The van der Waals surface area contributed by atoms with Gasteiger partial charge in [-0.05, 0) is 37.1 Å². The van der Waals surface area contributed by atoms with Gasteiger partial charge in [-0.1, -0.05) is 11.6 Å². The number of piperidine rings is 1. The quantitative estimate of drug-likeness (QED) is 0.879. The van der Waals surface area contributed by atoms with E-state index >= 15 is 0 Å². The fourth-order valence-corrected chi connectivity index (χ4v) is 2.92. The minimum atomic E-state index is -4.75. The van der Waals surface area contributed by atoms with E-state index in [1.807, 2.05) is 0 Å². The molecule has 9 heteroatoms. The van der Waals surface area contributed by atoms with Crippen molar-refractivity contribution in [2.24, 2.45) is 0 Å². The smallest absolute Gasteiger partial charge is 0.393 e. The van der Waals surface area contributed by atoms with Gasteiger partial charge in [0.15, 0.2) is 5.69 Å². The third-order valence-corrected chi connectivity index (χ3v) is 4.34. The minimum absolute atomic E-state index is 0.157. The summed E-state index contributed by atoms with van der Waals surface area (Å²) in [6, 6.07) is 5.70. The molecule has 0 spiro atoms. The van der Waals surface area contributed by atoms with Gasteiger partial charge in [0.2, 0.25) is 0 Å². The Morgan fingerprint density at radius 1 is 1.20 bits per heavy atom. The number of amides is 1. The summed E-state index contributed by atoms with van der Waals surface area (Å²) in [7, 11) is 0. The van der Waals surface area contributed by atoms with Gasteiger partial charge in [0, 0.05) is 18.1 Å². The lowest BCUT2D eigenvalue weighted by molar-refractivity contribution is -0.143.